The fourth-order valence-electron chi connectivity index (χ4n) is 4.24. The van der Waals surface area contributed by atoms with Gasteiger partial charge in [0.05, 0.1) is 13.7 Å². The van der Waals surface area contributed by atoms with Gasteiger partial charge in [-0.25, -0.2) is 4.79 Å². The maximum Gasteiger partial charge on any atom is 0.339 e. The molecule has 2 heterocycles. The molecule has 0 N–H and O–H groups in total. The Morgan fingerprint density at radius 3 is 2.50 bits per heavy atom. The normalized spacial score (nSPS) is 15.2. The standard InChI is InChI=1S/C26H32N2O4/c1-19-20(2)26(29)32-25-17-22(9-10-23(19)25)31-16-6-11-27-12-14-28(15-13-27)18-21-7-4-5-8-24(21)30-3/h4-5,7-10,17H,6,11-16,18H2,1-3H3. The highest BCUT2D eigenvalue weighted by Crippen LogP contribution is 2.24. The lowest BCUT2D eigenvalue weighted by Crippen LogP contribution is -2.46. The van der Waals surface area contributed by atoms with Crippen molar-refractivity contribution in [3.63, 3.8) is 0 Å². The topological polar surface area (TPSA) is 55.2 Å². The third kappa shape index (κ3) is 5.14. The van der Waals surface area contributed by atoms with Gasteiger partial charge >= 0.3 is 5.63 Å². The number of para-hydroxylation sites is 1. The van der Waals surface area contributed by atoms with Crippen LogP contribution in [0.2, 0.25) is 0 Å². The van der Waals surface area contributed by atoms with Crippen LogP contribution in [0, 0.1) is 13.8 Å². The SMILES string of the molecule is COc1ccccc1CN1CCN(CCCOc2ccc3c(C)c(C)c(=O)oc3c2)CC1. The molecule has 1 saturated heterocycles. The summed E-state index contributed by atoms with van der Waals surface area (Å²) < 4.78 is 16.8. The lowest BCUT2D eigenvalue weighted by molar-refractivity contribution is 0.120. The number of ether oxygens (including phenoxy) is 2. The molecule has 0 atom stereocenters. The van der Waals surface area contributed by atoms with E-state index < -0.39 is 0 Å². The number of rotatable bonds is 8. The van der Waals surface area contributed by atoms with Crippen LogP contribution in [-0.2, 0) is 6.54 Å². The summed E-state index contributed by atoms with van der Waals surface area (Å²) in [6, 6.07) is 14.0. The molecular formula is C26H32N2O4. The Morgan fingerprint density at radius 2 is 1.72 bits per heavy atom. The average molecular weight is 437 g/mol. The van der Waals surface area contributed by atoms with Gasteiger partial charge in [-0.05, 0) is 44.0 Å². The summed E-state index contributed by atoms with van der Waals surface area (Å²) in [6.45, 7) is 10.6. The molecule has 0 amide bonds. The van der Waals surface area contributed by atoms with Crippen molar-refractivity contribution in [3.05, 3.63) is 69.6 Å². The van der Waals surface area contributed by atoms with E-state index in [9.17, 15) is 4.79 Å². The number of aryl methyl sites for hydroxylation is 1. The van der Waals surface area contributed by atoms with Gasteiger partial charge in [0.1, 0.15) is 17.1 Å². The van der Waals surface area contributed by atoms with Crippen LogP contribution in [0.1, 0.15) is 23.1 Å². The van der Waals surface area contributed by atoms with Crippen LogP contribution < -0.4 is 15.1 Å². The number of hydrogen-bond donors (Lipinski definition) is 0. The summed E-state index contributed by atoms with van der Waals surface area (Å²) in [5.74, 6) is 1.70. The van der Waals surface area contributed by atoms with E-state index in [1.807, 2.05) is 37.3 Å². The first-order chi connectivity index (χ1) is 15.5. The molecule has 1 aliphatic heterocycles. The van der Waals surface area contributed by atoms with Gasteiger partial charge in [-0.1, -0.05) is 18.2 Å². The van der Waals surface area contributed by atoms with Crippen LogP contribution in [0.25, 0.3) is 11.0 Å². The molecule has 2 aromatic carbocycles. The number of piperazine rings is 1. The molecule has 0 aliphatic carbocycles. The van der Waals surface area contributed by atoms with E-state index in [0.29, 0.717) is 17.8 Å². The largest absolute Gasteiger partial charge is 0.496 e. The van der Waals surface area contributed by atoms with E-state index in [4.69, 9.17) is 13.9 Å². The van der Waals surface area contributed by atoms with E-state index in [1.165, 1.54) is 5.56 Å². The fourth-order valence-corrected chi connectivity index (χ4v) is 4.24. The van der Waals surface area contributed by atoms with E-state index in [0.717, 1.165) is 68.1 Å². The molecule has 0 saturated carbocycles. The first-order valence-corrected chi connectivity index (χ1v) is 11.3. The van der Waals surface area contributed by atoms with Gasteiger partial charge in [0.15, 0.2) is 0 Å². The highest BCUT2D eigenvalue weighted by Gasteiger charge is 2.18. The van der Waals surface area contributed by atoms with Crippen molar-refractivity contribution in [2.75, 3.05) is 46.4 Å². The quantitative estimate of drug-likeness (QED) is 0.393. The van der Waals surface area contributed by atoms with Crippen molar-refractivity contribution in [1.82, 2.24) is 9.80 Å². The molecule has 0 unspecified atom stereocenters. The molecule has 1 fully saturated rings. The maximum atomic E-state index is 11.9. The summed E-state index contributed by atoms with van der Waals surface area (Å²) in [6.07, 6.45) is 0.960. The van der Waals surface area contributed by atoms with Crippen molar-refractivity contribution in [2.45, 2.75) is 26.8 Å². The molecule has 1 aromatic heterocycles. The monoisotopic (exact) mass is 436 g/mol. The second-order valence-corrected chi connectivity index (χ2v) is 8.43. The molecule has 170 valence electrons. The molecule has 6 nitrogen and oxygen atoms in total. The van der Waals surface area contributed by atoms with Crippen LogP contribution in [0.15, 0.2) is 51.7 Å². The Bertz CT molecular complexity index is 1120. The lowest BCUT2D eigenvalue weighted by Gasteiger charge is -2.34. The molecule has 3 aromatic rings. The van der Waals surface area contributed by atoms with E-state index >= 15 is 0 Å². The zero-order chi connectivity index (χ0) is 22.5. The molecule has 0 bridgehead atoms. The summed E-state index contributed by atoms with van der Waals surface area (Å²) in [4.78, 5) is 16.9. The average Bonchev–Trinajstić information content (AvgIpc) is 2.81. The number of methoxy groups -OCH3 is 1. The fraction of sp³-hybridized carbons (Fsp3) is 0.423. The Balaban J connectivity index is 1.21. The van der Waals surface area contributed by atoms with Crippen molar-refractivity contribution in [3.8, 4) is 11.5 Å². The predicted molar refractivity (Wildman–Crippen MR) is 127 cm³/mol. The number of fused-ring (bicyclic) bond motifs is 1. The molecular weight excluding hydrogens is 404 g/mol. The molecule has 1 aliphatic rings. The highest BCUT2D eigenvalue weighted by atomic mass is 16.5. The molecule has 32 heavy (non-hydrogen) atoms. The Labute approximate surface area is 189 Å². The first-order valence-electron chi connectivity index (χ1n) is 11.3. The summed E-state index contributed by atoms with van der Waals surface area (Å²) in [5, 5.41) is 0.959. The summed E-state index contributed by atoms with van der Waals surface area (Å²) in [7, 11) is 1.73. The maximum absolute atomic E-state index is 11.9. The van der Waals surface area contributed by atoms with Gasteiger partial charge in [-0.15, -0.1) is 0 Å². The summed E-state index contributed by atoms with van der Waals surface area (Å²) >= 11 is 0. The van der Waals surface area contributed by atoms with E-state index in [2.05, 4.69) is 21.9 Å². The van der Waals surface area contributed by atoms with Crippen LogP contribution in [0.5, 0.6) is 11.5 Å². The zero-order valence-corrected chi connectivity index (χ0v) is 19.2. The van der Waals surface area contributed by atoms with Gasteiger partial charge in [-0.3, -0.25) is 4.90 Å². The minimum absolute atomic E-state index is 0.281. The van der Waals surface area contributed by atoms with Gasteiger partial charge < -0.3 is 18.8 Å². The summed E-state index contributed by atoms with van der Waals surface area (Å²) in [5.41, 5.74) is 3.18. The number of hydrogen-bond acceptors (Lipinski definition) is 6. The Hall–Kier alpha value is -2.83. The van der Waals surface area contributed by atoms with Gasteiger partial charge in [0.25, 0.3) is 0 Å². The van der Waals surface area contributed by atoms with Crippen molar-refractivity contribution < 1.29 is 13.9 Å². The third-order valence-corrected chi connectivity index (χ3v) is 6.37. The van der Waals surface area contributed by atoms with Crippen molar-refractivity contribution in [2.24, 2.45) is 0 Å². The van der Waals surface area contributed by atoms with Gasteiger partial charge in [-0.2, -0.15) is 0 Å². The molecule has 6 heteroatoms. The van der Waals surface area contributed by atoms with Crippen LogP contribution in [0.4, 0.5) is 0 Å². The van der Waals surface area contributed by atoms with Crippen LogP contribution in [-0.4, -0.2) is 56.2 Å². The number of benzene rings is 2. The Kier molecular flexibility index (Phi) is 7.12. The third-order valence-electron chi connectivity index (χ3n) is 6.37. The Morgan fingerprint density at radius 1 is 0.969 bits per heavy atom. The minimum atomic E-state index is -0.281. The van der Waals surface area contributed by atoms with E-state index in [-0.39, 0.29) is 5.63 Å². The van der Waals surface area contributed by atoms with Crippen molar-refractivity contribution in [1.29, 1.82) is 0 Å². The van der Waals surface area contributed by atoms with E-state index in [1.54, 1.807) is 14.0 Å². The zero-order valence-electron chi connectivity index (χ0n) is 19.2. The van der Waals surface area contributed by atoms with Gasteiger partial charge in [0.2, 0.25) is 0 Å². The smallest absolute Gasteiger partial charge is 0.339 e. The first kappa shape index (κ1) is 22.4. The van der Waals surface area contributed by atoms with Crippen LogP contribution >= 0.6 is 0 Å². The molecule has 4 rings (SSSR count). The second kappa shape index (κ2) is 10.2. The number of nitrogens with zero attached hydrogens (tertiary/aromatic N) is 2. The molecule has 0 spiro atoms. The van der Waals surface area contributed by atoms with Gasteiger partial charge in [0, 0.05) is 61.8 Å². The minimum Gasteiger partial charge on any atom is -0.496 e. The highest BCUT2D eigenvalue weighted by molar-refractivity contribution is 5.82. The second-order valence-electron chi connectivity index (χ2n) is 8.43. The molecule has 0 radical (unpaired) electrons. The van der Waals surface area contributed by atoms with Crippen LogP contribution in [0.3, 0.4) is 0 Å². The van der Waals surface area contributed by atoms with Crippen molar-refractivity contribution >= 4 is 11.0 Å². The lowest BCUT2D eigenvalue weighted by atomic mass is 10.1. The predicted octanol–water partition coefficient (Wildman–Crippen LogP) is 4.01.